The lowest BCUT2D eigenvalue weighted by Gasteiger charge is -2.11. The summed E-state index contributed by atoms with van der Waals surface area (Å²) in [5.41, 5.74) is 4.82. The number of nitriles is 1. The second-order valence-electron chi connectivity index (χ2n) is 8.39. The van der Waals surface area contributed by atoms with Crippen LogP contribution in [0.25, 0.3) is 16.9 Å². The van der Waals surface area contributed by atoms with Crippen molar-refractivity contribution in [2.24, 2.45) is 0 Å². The second kappa shape index (κ2) is 8.45. The number of benzene rings is 2. The molecule has 168 valence electrons. The van der Waals surface area contributed by atoms with E-state index >= 15 is 0 Å². The first kappa shape index (κ1) is 21.3. The summed E-state index contributed by atoms with van der Waals surface area (Å²) in [6.45, 7) is 1.95. The van der Waals surface area contributed by atoms with Crippen molar-refractivity contribution in [3.63, 3.8) is 0 Å². The number of hydrogen-bond donors (Lipinski definition) is 1. The van der Waals surface area contributed by atoms with Gasteiger partial charge in [0.1, 0.15) is 11.4 Å². The molecule has 5 rings (SSSR count). The van der Waals surface area contributed by atoms with Gasteiger partial charge in [-0.2, -0.15) is 5.26 Å². The van der Waals surface area contributed by atoms with Gasteiger partial charge >= 0.3 is 0 Å². The van der Waals surface area contributed by atoms with Crippen molar-refractivity contribution in [1.29, 1.82) is 5.26 Å². The number of hydrogen-bond acceptors (Lipinski definition) is 6. The van der Waals surface area contributed by atoms with E-state index in [4.69, 9.17) is 4.74 Å². The molecule has 0 radical (unpaired) electrons. The number of rotatable bonds is 6. The number of aryl methyl sites for hydroxylation is 1. The Labute approximate surface area is 196 Å². The van der Waals surface area contributed by atoms with Crippen LogP contribution in [-0.4, -0.2) is 33.0 Å². The molecular formula is C26H22N6O2. The number of methoxy groups -OCH3 is 1. The lowest BCUT2D eigenvalue weighted by atomic mass is 9.97. The minimum Gasteiger partial charge on any atom is -0.495 e. The molecule has 0 spiro atoms. The van der Waals surface area contributed by atoms with Gasteiger partial charge < -0.3 is 10.1 Å². The fraction of sp³-hybridized carbons (Fsp3) is 0.192. The Morgan fingerprint density at radius 3 is 2.79 bits per heavy atom. The van der Waals surface area contributed by atoms with Crippen molar-refractivity contribution in [3.05, 3.63) is 83.8 Å². The predicted molar refractivity (Wildman–Crippen MR) is 127 cm³/mol. The molecule has 1 aliphatic rings. The fourth-order valence-corrected chi connectivity index (χ4v) is 3.87. The molecule has 0 atom stereocenters. The van der Waals surface area contributed by atoms with Crippen LogP contribution in [0.2, 0.25) is 0 Å². The minimum absolute atomic E-state index is 0.238. The summed E-state index contributed by atoms with van der Waals surface area (Å²) in [4.78, 5) is 17.2. The van der Waals surface area contributed by atoms with Gasteiger partial charge in [0.2, 0.25) is 0 Å². The Balaban J connectivity index is 1.39. The number of nitrogens with one attached hydrogen (secondary N) is 1. The number of pyridine rings is 1. The van der Waals surface area contributed by atoms with Gasteiger partial charge in [-0.3, -0.25) is 9.78 Å². The molecule has 2 aromatic carbocycles. The largest absolute Gasteiger partial charge is 0.495 e. The summed E-state index contributed by atoms with van der Waals surface area (Å²) in [6.07, 6.45) is 6.82. The second-order valence-corrected chi connectivity index (χ2v) is 8.39. The summed E-state index contributed by atoms with van der Waals surface area (Å²) in [5, 5.41) is 20.9. The summed E-state index contributed by atoms with van der Waals surface area (Å²) >= 11 is 0. The zero-order chi connectivity index (χ0) is 23.7. The van der Waals surface area contributed by atoms with E-state index in [0.717, 1.165) is 35.2 Å². The molecule has 0 aliphatic heterocycles. The van der Waals surface area contributed by atoms with E-state index in [0.29, 0.717) is 22.7 Å². The maximum absolute atomic E-state index is 13.0. The van der Waals surface area contributed by atoms with Gasteiger partial charge in [0, 0.05) is 23.0 Å². The number of nitrogens with zero attached hydrogens (tertiary/aromatic N) is 5. The van der Waals surface area contributed by atoms with Gasteiger partial charge in [-0.25, -0.2) is 4.68 Å². The molecular weight excluding hydrogens is 428 g/mol. The maximum atomic E-state index is 13.0. The van der Waals surface area contributed by atoms with Crippen LogP contribution in [0.5, 0.6) is 5.75 Å². The molecule has 1 saturated carbocycles. The molecule has 1 N–H and O–H groups in total. The maximum Gasteiger partial charge on any atom is 0.255 e. The van der Waals surface area contributed by atoms with Gasteiger partial charge in [0.25, 0.3) is 5.91 Å². The number of carbonyl (C=O) groups excluding carboxylic acids is 1. The third-order valence-electron chi connectivity index (χ3n) is 6.09. The Hall–Kier alpha value is -4.51. The van der Waals surface area contributed by atoms with Gasteiger partial charge in [-0.1, -0.05) is 23.4 Å². The highest BCUT2D eigenvalue weighted by atomic mass is 16.5. The highest BCUT2D eigenvalue weighted by Gasteiger charge is 2.44. The quantitative estimate of drug-likeness (QED) is 0.465. The van der Waals surface area contributed by atoms with E-state index in [-0.39, 0.29) is 5.91 Å². The summed E-state index contributed by atoms with van der Waals surface area (Å²) in [7, 11) is 1.58. The van der Waals surface area contributed by atoms with Crippen LogP contribution in [0.15, 0.2) is 67.1 Å². The topological polar surface area (TPSA) is 106 Å². The highest BCUT2D eigenvalue weighted by Crippen LogP contribution is 2.47. The van der Waals surface area contributed by atoms with Crippen molar-refractivity contribution < 1.29 is 9.53 Å². The zero-order valence-electron chi connectivity index (χ0n) is 18.8. The van der Waals surface area contributed by atoms with Crippen LogP contribution in [0.1, 0.15) is 34.3 Å². The average molecular weight is 451 g/mol. The summed E-state index contributed by atoms with van der Waals surface area (Å²) in [6, 6.07) is 17.2. The van der Waals surface area contributed by atoms with Gasteiger partial charge in [0.05, 0.1) is 36.7 Å². The third kappa shape index (κ3) is 3.99. The SMILES string of the molecule is COc1cncc(-c2cn(-c3cc(C(=O)Nc4cccc(C5(C#N)CC5)c4)ccc3C)nn2)c1. The number of carbonyl (C=O) groups is 1. The zero-order valence-corrected chi connectivity index (χ0v) is 18.8. The fourth-order valence-electron chi connectivity index (χ4n) is 3.87. The van der Waals surface area contributed by atoms with Crippen molar-refractivity contribution in [3.8, 4) is 28.8 Å². The van der Waals surface area contributed by atoms with Crippen molar-refractivity contribution in [2.45, 2.75) is 25.2 Å². The lowest BCUT2D eigenvalue weighted by molar-refractivity contribution is 0.102. The summed E-state index contributed by atoms with van der Waals surface area (Å²) < 4.78 is 6.88. The molecule has 8 nitrogen and oxygen atoms in total. The van der Waals surface area contributed by atoms with Crippen molar-refractivity contribution >= 4 is 11.6 Å². The van der Waals surface area contributed by atoms with Gasteiger partial charge in [-0.05, 0) is 61.2 Å². The van der Waals surface area contributed by atoms with Crippen LogP contribution in [0.3, 0.4) is 0 Å². The number of anilines is 1. The molecule has 1 aliphatic carbocycles. The Morgan fingerprint density at radius 2 is 2.03 bits per heavy atom. The van der Waals surface area contributed by atoms with Crippen molar-refractivity contribution in [2.75, 3.05) is 12.4 Å². The van der Waals surface area contributed by atoms with E-state index < -0.39 is 5.41 Å². The highest BCUT2D eigenvalue weighted by molar-refractivity contribution is 6.04. The van der Waals surface area contributed by atoms with Crippen LogP contribution in [0, 0.1) is 18.3 Å². The Kier molecular flexibility index (Phi) is 5.30. The van der Waals surface area contributed by atoms with E-state index in [1.165, 1.54) is 0 Å². The number of aromatic nitrogens is 4. The average Bonchev–Trinajstić information content (AvgIpc) is 3.53. The number of amides is 1. The standard InChI is InChI=1S/C26H22N6O2/c1-17-6-7-18(25(33)29-21-5-3-4-20(12-21)26(16-27)8-9-26)11-24(17)32-15-23(30-31-32)19-10-22(34-2)14-28-13-19/h3-7,10-15H,8-9H2,1-2H3,(H,29,33). The van der Waals surface area contributed by atoms with Crippen LogP contribution in [-0.2, 0) is 5.41 Å². The normalized spacial score (nSPS) is 13.7. The number of ether oxygens (including phenoxy) is 1. The predicted octanol–water partition coefficient (Wildman–Crippen LogP) is 4.45. The van der Waals surface area contributed by atoms with Crippen LogP contribution >= 0.6 is 0 Å². The summed E-state index contributed by atoms with van der Waals surface area (Å²) in [5.74, 6) is 0.394. The first-order valence-corrected chi connectivity index (χ1v) is 10.9. The Bertz CT molecular complexity index is 1430. The first-order valence-electron chi connectivity index (χ1n) is 10.9. The van der Waals surface area contributed by atoms with E-state index in [1.807, 2.05) is 43.3 Å². The Morgan fingerprint density at radius 1 is 1.18 bits per heavy atom. The van der Waals surface area contributed by atoms with Crippen LogP contribution < -0.4 is 10.1 Å². The van der Waals surface area contributed by atoms with Gasteiger partial charge in [-0.15, -0.1) is 5.10 Å². The molecule has 0 bridgehead atoms. The monoisotopic (exact) mass is 450 g/mol. The van der Waals surface area contributed by atoms with E-state index in [2.05, 4.69) is 26.7 Å². The van der Waals surface area contributed by atoms with Crippen LogP contribution in [0.4, 0.5) is 5.69 Å². The molecule has 34 heavy (non-hydrogen) atoms. The molecule has 1 fully saturated rings. The van der Waals surface area contributed by atoms with E-state index in [1.54, 1.807) is 42.5 Å². The molecule has 0 saturated heterocycles. The molecule has 2 heterocycles. The van der Waals surface area contributed by atoms with E-state index in [9.17, 15) is 10.1 Å². The molecule has 2 aromatic heterocycles. The van der Waals surface area contributed by atoms with Crippen molar-refractivity contribution in [1.82, 2.24) is 20.0 Å². The molecule has 0 unspecified atom stereocenters. The lowest BCUT2D eigenvalue weighted by Crippen LogP contribution is -2.13. The minimum atomic E-state index is -0.402. The molecule has 1 amide bonds. The van der Waals surface area contributed by atoms with Gasteiger partial charge in [0.15, 0.2) is 0 Å². The smallest absolute Gasteiger partial charge is 0.255 e. The first-order chi connectivity index (χ1) is 16.5. The molecule has 8 heteroatoms. The molecule has 4 aromatic rings. The third-order valence-corrected chi connectivity index (χ3v) is 6.09.